The molecule has 2 unspecified atom stereocenters. The number of aliphatic carboxylic acids is 1. The zero-order valence-corrected chi connectivity index (χ0v) is 16.7. The summed E-state index contributed by atoms with van der Waals surface area (Å²) in [5.41, 5.74) is 1.77. The average Bonchev–Trinajstić information content (AvgIpc) is 2.94. The summed E-state index contributed by atoms with van der Waals surface area (Å²) in [4.78, 5) is 10.6. The summed E-state index contributed by atoms with van der Waals surface area (Å²) in [7, 11) is 0. The lowest BCUT2D eigenvalue weighted by Crippen LogP contribution is -2.45. The zero-order valence-electron chi connectivity index (χ0n) is 16.0. The highest BCUT2D eigenvalue weighted by Crippen LogP contribution is 2.37. The molecule has 0 radical (unpaired) electrons. The van der Waals surface area contributed by atoms with Crippen LogP contribution in [0.1, 0.15) is 24.5 Å². The van der Waals surface area contributed by atoms with Crippen molar-refractivity contribution >= 4 is 17.6 Å². The van der Waals surface area contributed by atoms with Gasteiger partial charge in [-0.3, -0.25) is 0 Å². The predicted molar refractivity (Wildman–Crippen MR) is 109 cm³/mol. The molecule has 1 aliphatic heterocycles. The molecule has 0 aromatic heterocycles. The van der Waals surface area contributed by atoms with Gasteiger partial charge >= 0.3 is 5.97 Å². The molecule has 0 saturated carbocycles. The van der Waals surface area contributed by atoms with Gasteiger partial charge in [0.1, 0.15) is 11.4 Å². The molecule has 1 saturated heterocycles. The van der Waals surface area contributed by atoms with Crippen LogP contribution in [0, 0.1) is 5.92 Å². The van der Waals surface area contributed by atoms with Gasteiger partial charge in [0.05, 0.1) is 0 Å². The number of benzene rings is 2. The van der Waals surface area contributed by atoms with Crippen molar-refractivity contribution in [1.82, 2.24) is 5.32 Å². The van der Waals surface area contributed by atoms with E-state index in [4.69, 9.17) is 26.2 Å². The monoisotopic (exact) mass is 403 g/mol. The number of carboxylic acid groups (broad SMARTS) is 1. The van der Waals surface area contributed by atoms with Crippen molar-refractivity contribution in [2.24, 2.45) is 5.92 Å². The molecule has 1 aliphatic rings. The van der Waals surface area contributed by atoms with Crippen molar-refractivity contribution in [3.8, 4) is 5.75 Å². The fourth-order valence-corrected chi connectivity index (χ4v) is 3.89. The van der Waals surface area contributed by atoms with E-state index in [9.17, 15) is 4.79 Å². The summed E-state index contributed by atoms with van der Waals surface area (Å²) in [5.74, 6) is -0.239. The van der Waals surface area contributed by atoms with E-state index in [1.54, 1.807) is 0 Å². The Labute approximate surface area is 170 Å². The van der Waals surface area contributed by atoms with Crippen LogP contribution in [0.5, 0.6) is 5.75 Å². The van der Waals surface area contributed by atoms with Crippen LogP contribution in [-0.4, -0.2) is 37.4 Å². The number of ether oxygens (including phenoxy) is 2. The maximum Gasteiger partial charge on any atom is 0.341 e. The number of carbonyl (C=O) groups is 1. The van der Waals surface area contributed by atoms with Crippen LogP contribution in [0.25, 0.3) is 0 Å². The highest BCUT2D eigenvalue weighted by Gasteiger charge is 2.40. The molecule has 3 rings (SSSR count). The average molecular weight is 404 g/mol. The molecule has 2 N–H and O–H groups in total. The second kappa shape index (κ2) is 9.41. The van der Waals surface area contributed by atoms with Crippen LogP contribution in [0.3, 0.4) is 0 Å². The minimum Gasteiger partial charge on any atom is -0.482 e. The van der Waals surface area contributed by atoms with Gasteiger partial charge in [-0.2, -0.15) is 0 Å². The molecule has 2 aromatic carbocycles. The van der Waals surface area contributed by atoms with Gasteiger partial charge < -0.3 is 19.9 Å². The molecule has 0 aliphatic carbocycles. The van der Waals surface area contributed by atoms with Crippen molar-refractivity contribution in [2.75, 3.05) is 26.3 Å². The van der Waals surface area contributed by atoms with Crippen LogP contribution >= 0.6 is 11.6 Å². The molecule has 6 heteroatoms. The van der Waals surface area contributed by atoms with E-state index < -0.39 is 11.6 Å². The van der Waals surface area contributed by atoms with E-state index in [2.05, 4.69) is 18.3 Å². The molecule has 1 heterocycles. The Morgan fingerprint density at radius 3 is 2.82 bits per heavy atom. The van der Waals surface area contributed by atoms with Crippen LogP contribution in [0.15, 0.2) is 48.5 Å². The quantitative estimate of drug-likeness (QED) is 0.734. The fraction of sp³-hybridized carbons (Fsp3) is 0.409. The lowest BCUT2D eigenvalue weighted by atomic mass is 9.78. The van der Waals surface area contributed by atoms with Gasteiger partial charge in [0, 0.05) is 18.2 Å². The lowest BCUT2D eigenvalue weighted by Gasteiger charge is -2.39. The Morgan fingerprint density at radius 1 is 1.32 bits per heavy atom. The molecule has 150 valence electrons. The molecule has 0 spiro atoms. The summed E-state index contributed by atoms with van der Waals surface area (Å²) in [6.07, 6.45) is 1.79. The van der Waals surface area contributed by atoms with Crippen LogP contribution < -0.4 is 10.1 Å². The Balaban J connectivity index is 1.79. The number of hydrogen-bond donors (Lipinski definition) is 2. The number of carboxylic acids is 1. The summed E-state index contributed by atoms with van der Waals surface area (Å²) in [6, 6.07) is 15.5. The van der Waals surface area contributed by atoms with E-state index in [1.807, 2.05) is 42.5 Å². The number of rotatable bonds is 7. The SMILES string of the molecule is CC(Cc1ccc(OCC(=O)O)cc1)C1(c2cccc(Cl)c2)CNCCCO1. The van der Waals surface area contributed by atoms with Crippen LogP contribution in [-0.2, 0) is 21.6 Å². The van der Waals surface area contributed by atoms with E-state index >= 15 is 0 Å². The van der Waals surface area contributed by atoms with Crippen molar-refractivity contribution in [3.05, 3.63) is 64.7 Å². The third-order valence-corrected chi connectivity index (χ3v) is 5.42. The minimum absolute atomic E-state index is 0.197. The van der Waals surface area contributed by atoms with E-state index in [-0.39, 0.29) is 12.5 Å². The predicted octanol–water partition coefficient (Wildman–Crippen LogP) is 3.89. The Morgan fingerprint density at radius 2 is 2.11 bits per heavy atom. The van der Waals surface area contributed by atoms with Crippen LogP contribution in [0.4, 0.5) is 0 Å². The highest BCUT2D eigenvalue weighted by atomic mass is 35.5. The summed E-state index contributed by atoms with van der Waals surface area (Å²) in [6.45, 7) is 4.22. The first-order valence-corrected chi connectivity index (χ1v) is 9.92. The van der Waals surface area contributed by atoms with E-state index in [0.29, 0.717) is 17.4 Å². The first-order valence-electron chi connectivity index (χ1n) is 9.54. The maximum atomic E-state index is 10.6. The molecule has 0 amide bonds. The molecule has 28 heavy (non-hydrogen) atoms. The maximum absolute atomic E-state index is 10.6. The van der Waals surface area contributed by atoms with Gasteiger partial charge in [0.2, 0.25) is 0 Å². The summed E-state index contributed by atoms with van der Waals surface area (Å²) in [5, 5.41) is 12.9. The standard InChI is InChI=1S/C22H26ClNO4/c1-16(12-17-6-8-20(9-7-17)27-14-21(25)26)22(15-24-10-3-11-28-22)18-4-2-5-19(23)13-18/h2,4-9,13,16,24H,3,10-12,14-15H2,1H3,(H,25,26). The summed E-state index contributed by atoms with van der Waals surface area (Å²) >= 11 is 6.27. The normalized spacial score (nSPS) is 20.9. The molecular weight excluding hydrogens is 378 g/mol. The largest absolute Gasteiger partial charge is 0.482 e. The molecule has 0 bridgehead atoms. The molecular formula is C22H26ClNO4. The van der Waals surface area contributed by atoms with Gasteiger partial charge in [-0.25, -0.2) is 4.79 Å². The Kier molecular flexibility index (Phi) is 6.94. The second-order valence-electron chi connectivity index (χ2n) is 7.21. The van der Waals surface area contributed by atoms with Crippen molar-refractivity contribution < 1.29 is 19.4 Å². The summed E-state index contributed by atoms with van der Waals surface area (Å²) < 4.78 is 11.7. The third kappa shape index (κ3) is 5.04. The fourth-order valence-electron chi connectivity index (χ4n) is 3.70. The van der Waals surface area contributed by atoms with Gasteiger partial charge in [-0.15, -0.1) is 0 Å². The third-order valence-electron chi connectivity index (χ3n) is 5.18. The van der Waals surface area contributed by atoms with Gasteiger partial charge in [-0.05, 0) is 60.7 Å². The molecule has 5 nitrogen and oxygen atoms in total. The number of nitrogens with one attached hydrogen (secondary N) is 1. The number of hydrogen-bond acceptors (Lipinski definition) is 4. The van der Waals surface area contributed by atoms with Gasteiger partial charge in [0.25, 0.3) is 0 Å². The lowest BCUT2D eigenvalue weighted by molar-refractivity contribution is -0.139. The van der Waals surface area contributed by atoms with Crippen molar-refractivity contribution in [3.63, 3.8) is 0 Å². The molecule has 2 atom stereocenters. The van der Waals surface area contributed by atoms with Gasteiger partial charge in [-0.1, -0.05) is 42.8 Å². The topological polar surface area (TPSA) is 67.8 Å². The van der Waals surface area contributed by atoms with Crippen LogP contribution in [0.2, 0.25) is 5.02 Å². The Bertz CT molecular complexity index is 785. The zero-order chi connectivity index (χ0) is 20.0. The Hall–Kier alpha value is -2.08. The highest BCUT2D eigenvalue weighted by molar-refractivity contribution is 6.30. The first-order chi connectivity index (χ1) is 13.5. The number of halogens is 1. The molecule has 2 aromatic rings. The van der Waals surface area contributed by atoms with E-state index in [1.165, 1.54) is 0 Å². The van der Waals surface area contributed by atoms with Gasteiger partial charge in [0.15, 0.2) is 6.61 Å². The molecule has 1 fully saturated rings. The van der Waals surface area contributed by atoms with Crippen molar-refractivity contribution in [2.45, 2.75) is 25.4 Å². The van der Waals surface area contributed by atoms with E-state index in [0.717, 1.165) is 37.1 Å². The van der Waals surface area contributed by atoms with Crippen molar-refractivity contribution in [1.29, 1.82) is 0 Å². The smallest absolute Gasteiger partial charge is 0.341 e. The second-order valence-corrected chi connectivity index (χ2v) is 7.65. The first kappa shape index (κ1) is 20.6. The minimum atomic E-state index is -0.987.